The van der Waals surface area contributed by atoms with Gasteiger partial charge in [-0.15, -0.1) is 11.3 Å². The molecule has 1 unspecified atom stereocenters. The number of aromatic nitrogens is 1. The van der Waals surface area contributed by atoms with E-state index in [1.807, 2.05) is 5.51 Å². The molecule has 1 atom stereocenters. The zero-order valence-corrected chi connectivity index (χ0v) is 9.70. The molecule has 0 aliphatic rings. The highest BCUT2D eigenvalue weighted by Crippen LogP contribution is 2.15. The van der Waals surface area contributed by atoms with Gasteiger partial charge in [0.05, 0.1) is 11.2 Å². The Balaban J connectivity index is 2.22. The molecule has 0 aliphatic heterocycles. The third kappa shape index (κ3) is 3.68. The fraction of sp³-hybridized carbons (Fsp3) is 0.667. The van der Waals surface area contributed by atoms with E-state index in [2.05, 4.69) is 33.2 Å². The third-order valence-corrected chi connectivity index (χ3v) is 3.20. The predicted octanol–water partition coefficient (Wildman–Crippen LogP) is 3.64. The van der Waals surface area contributed by atoms with Crippen LogP contribution in [0.25, 0.3) is 0 Å². The van der Waals surface area contributed by atoms with E-state index in [0.29, 0.717) is 4.83 Å². The van der Waals surface area contributed by atoms with Crippen LogP contribution < -0.4 is 0 Å². The third-order valence-electron chi connectivity index (χ3n) is 1.79. The maximum atomic E-state index is 4.25. The standard InChI is InChI=1S/C9H14BrNS/c1-2-3-4-8(10)5-9-6-12-7-11-9/h6-8H,2-5H2,1H3. The highest BCUT2D eigenvalue weighted by Gasteiger charge is 2.05. The lowest BCUT2D eigenvalue weighted by molar-refractivity contribution is 0.683. The van der Waals surface area contributed by atoms with Crippen molar-refractivity contribution in [2.45, 2.75) is 37.4 Å². The van der Waals surface area contributed by atoms with E-state index in [1.165, 1.54) is 25.0 Å². The minimum absolute atomic E-state index is 0.611. The lowest BCUT2D eigenvalue weighted by Gasteiger charge is -2.05. The molecule has 3 heteroatoms. The number of alkyl halides is 1. The molecule has 12 heavy (non-hydrogen) atoms. The Kier molecular flexibility index (Phi) is 4.84. The van der Waals surface area contributed by atoms with Gasteiger partial charge in [0.15, 0.2) is 0 Å². The molecule has 0 aromatic carbocycles. The molecule has 0 spiro atoms. The van der Waals surface area contributed by atoms with Gasteiger partial charge in [0.25, 0.3) is 0 Å². The molecule has 0 N–H and O–H groups in total. The van der Waals surface area contributed by atoms with Crippen LogP contribution in [0.2, 0.25) is 0 Å². The van der Waals surface area contributed by atoms with Crippen molar-refractivity contribution in [2.75, 3.05) is 0 Å². The number of hydrogen-bond acceptors (Lipinski definition) is 2. The number of halogens is 1. The van der Waals surface area contributed by atoms with Crippen LogP contribution in [0.3, 0.4) is 0 Å². The van der Waals surface area contributed by atoms with Crippen LogP contribution in [0, 0.1) is 0 Å². The van der Waals surface area contributed by atoms with Crippen LogP contribution in [-0.2, 0) is 6.42 Å². The van der Waals surface area contributed by atoms with Gasteiger partial charge < -0.3 is 0 Å². The topological polar surface area (TPSA) is 12.9 Å². The molecular formula is C9H14BrNS. The van der Waals surface area contributed by atoms with Crippen LogP contribution >= 0.6 is 27.3 Å². The van der Waals surface area contributed by atoms with Gasteiger partial charge in [-0.3, -0.25) is 0 Å². The van der Waals surface area contributed by atoms with E-state index in [0.717, 1.165) is 6.42 Å². The van der Waals surface area contributed by atoms with E-state index >= 15 is 0 Å². The molecule has 0 bridgehead atoms. The first-order valence-electron chi connectivity index (χ1n) is 4.34. The summed E-state index contributed by atoms with van der Waals surface area (Å²) in [5.74, 6) is 0. The van der Waals surface area contributed by atoms with E-state index in [1.54, 1.807) is 11.3 Å². The normalized spacial score (nSPS) is 13.2. The van der Waals surface area contributed by atoms with Crippen molar-refractivity contribution < 1.29 is 0 Å². The zero-order valence-electron chi connectivity index (χ0n) is 7.29. The highest BCUT2D eigenvalue weighted by atomic mass is 79.9. The predicted molar refractivity (Wildman–Crippen MR) is 58.1 cm³/mol. The molecule has 68 valence electrons. The smallest absolute Gasteiger partial charge is 0.0794 e. The van der Waals surface area contributed by atoms with Gasteiger partial charge in [-0.05, 0) is 6.42 Å². The summed E-state index contributed by atoms with van der Waals surface area (Å²) in [6.45, 7) is 2.22. The molecule has 1 rings (SSSR count). The van der Waals surface area contributed by atoms with Crippen LogP contribution in [0.4, 0.5) is 0 Å². The van der Waals surface area contributed by atoms with E-state index in [4.69, 9.17) is 0 Å². The zero-order chi connectivity index (χ0) is 8.81. The Morgan fingerprint density at radius 1 is 1.67 bits per heavy atom. The first kappa shape index (κ1) is 10.2. The summed E-state index contributed by atoms with van der Waals surface area (Å²) in [5.41, 5.74) is 3.12. The Hall–Kier alpha value is 0.110. The van der Waals surface area contributed by atoms with Crippen molar-refractivity contribution in [1.82, 2.24) is 4.98 Å². The van der Waals surface area contributed by atoms with Gasteiger partial charge in [0.1, 0.15) is 0 Å². The minimum atomic E-state index is 0.611. The molecule has 0 amide bonds. The average Bonchev–Trinajstić information content (AvgIpc) is 2.53. The fourth-order valence-corrected chi connectivity index (χ4v) is 2.32. The summed E-state index contributed by atoms with van der Waals surface area (Å²) < 4.78 is 0. The Morgan fingerprint density at radius 3 is 3.08 bits per heavy atom. The van der Waals surface area contributed by atoms with E-state index in [-0.39, 0.29) is 0 Å². The van der Waals surface area contributed by atoms with Crippen LogP contribution in [0.15, 0.2) is 10.9 Å². The van der Waals surface area contributed by atoms with Crippen molar-refractivity contribution in [3.63, 3.8) is 0 Å². The second-order valence-corrected chi connectivity index (χ2v) is 4.94. The number of unbranched alkanes of at least 4 members (excludes halogenated alkanes) is 1. The minimum Gasteiger partial charge on any atom is -0.250 e. The molecule has 0 aliphatic carbocycles. The van der Waals surface area contributed by atoms with Gasteiger partial charge >= 0.3 is 0 Å². The van der Waals surface area contributed by atoms with Crippen molar-refractivity contribution in [3.05, 3.63) is 16.6 Å². The Labute approximate surface area is 86.3 Å². The summed E-state index contributed by atoms with van der Waals surface area (Å²) in [5, 5.41) is 2.13. The van der Waals surface area contributed by atoms with Gasteiger partial charge in [0.2, 0.25) is 0 Å². The van der Waals surface area contributed by atoms with E-state index < -0.39 is 0 Å². The average molecular weight is 248 g/mol. The second kappa shape index (κ2) is 5.70. The molecule has 0 fully saturated rings. The monoisotopic (exact) mass is 247 g/mol. The van der Waals surface area contributed by atoms with Gasteiger partial charge in [-0.2, -0.15) is 0 Å². The molecule has 0 saturated heterocycles. The van der Waals surface area contributed by atoms with Crippen molar-refractivity contribution in [1.29, 1.82) is 0 Å². The van der Waals surface area contributed by atoms with Crippen molar-refractivity contribution in [2.24, 2.45) is 0 Å². The van der Waals surface area contributed by atoms with Crippen LogP contribution in [0.5, 0.6) is 0 Å². The van der Waals surface area contributed by atoms with Gasteiger partial charge in [-0.25, -0.2) is 4.98 Å². The van der Waals surface area contributed by atoms with Crippen LogP contribution in [-0.4, -0.2) is 9.81 Å². The summed E-state index contributed by atoms with van der Waals surface area (Å²) >= 11 is 5.34. The number of nitrogens with zero attached hydrogens (tertiary/aromatic N) is 1. The summed E-state index contributed by atoms with van der Waals surface area (Å²) in [4.78, 5) is 4.86. The summed E-state index contributed by atoms with van der Waals surface area (Å²) in [7, 11) is 0. The van der Waals surface area contributed by atoms with E-state index in [9.17, 15) is 0 Å². The molecule has 0 radical (unpaired) electrons. The SMILES string of the molecule is CCCCC(Br)Cc1cscn1. The largest absolute Gasteiger partial charge is 0.250 e. The maximum Gasteiger partial charge on any atom is 0.0794 e. The second-order valence-electron chi connectivity index (χ2n) is 2.92. The number of thiazole rings is 1. The first-order chi connectivity index (χ1) is 5.83. The Morgan fingerprint density at radius 2 is 2.50 bits per heavy atom. The van der Waals surface area contributed by atoms with Crippen LogP contribution in [0.1, 0.15) is 31.9 Å². The summed E-state index contributed by atoms with van der Waals surface area (Å²) in [6.07, 6.45) is 4.91. The lowest BCUT2D eigenvalue weighted by Crippen LogP contribution is -2.02. The maximum absolute atomic E-state index is 4.25. The fourth-order valence-electron chi connectivity index (χ4n) is 1.09. The highest BCUT2D eigenvalue weighted by molar-refractivity contribution is 9.09. The first-order valence-corrected chi connectivity index (χ1v) is 6.20. The summed E-state index contributed by atoms with van der Waals surface area (Å²) in [6, 6.07) is 0. The van der Waals surface area contributed by atoms with Gasteiger partial charge in [-0.1, -0.05) is 35.7 Å². The molecule has 1 heterocycles. The molecule has 1 aromatic heterocycles. The quantitative estimate of drug-likeness (QED) is 0.725. The molecule has 0 saturated carbocycles. The molecule has 1 nitrogen and oxygen atoms in total. The molecule has 1 aromatic rings. The lowest BCUT2D eigenvalue weighted by atomic mass is 10.1. The molecular weight excluding hydrogens is 234 g/mol. The number of hydrogen-bond donors (Lipinski definition) is 0. The number of rotatable bonds is 5. The van der Waals surface area contributed by atoms with Gasteiger partial charge in [0, 0.05) is 16.6 Å². The Bertz CT molecular complexity index is 198. The van der Waals surface area contributed by atoms with Crippen molar-refractivity contribution in [3.8, 4) is 0 Å². The van der Waals surface area contributed by atoms with Crippen molar-refractivity contribution >= 4 is 27.3 Å².